The van der Waals surface area contributed by atoms with Crippen LogP contribution in [0.2, 0.25) is 0 Å². The van der Waals surface area contributed by atoms with Gasteiger partial charge in [0.2, 0.25) is 0 Å². The summed E-state index contributed by atoms with van der Waals surface area (Å²) in [7, 11) is 0. The smallest absolute Gasteiger partial charge is 0.252 e. The molecule has 0 saturated carbocycles. The van der Waals surface area contributed by atoms with Crippen molar-refractivity contribution in [2.75, 3.05) is 6.61 Å². The van der Waals surface area contributed by atoms with Crippen molar-refractivity contribution in [3.05, 3.63) is 21.9 Å². The number of aliphatic hydroxyl groups is 1. The molecule has 2 N–H and O–H groups in total. The number of carbonyl (C=O) groups excluding carboxylic acids is 1. The van der Waals surface area contributed by atoms with Crippen LogP contribution in [0.15, 0.2) is 11.4 Å². The standard InChI is InChI=1S/C16H23NO2S/c1-12(2)6-4-7-13(3)17-16(19)14-10-15(20-11-14)8-5-9-18/h10-13,18H,4,6-7,9H2,1-3H3,(H,17,19). The Morgan fingerprint density at radius 1 is 1.40 bits per heavy atom. The predicted molar refractivity (Wildman–Crippen MR) is 83.9 cm³/mol. The van der Waals surface area contributed by atoms with Crippen LogP contribution < -0.4 is 5.32 Å². The monoisotopic (exact) mass is 293 g/mol. The Morgan fingerprint density at radius 2 is 2.15 bits per heavy atom. The normalized spacial score (nSPS) is 11.8. The van der Waals surface area contributed by atoms with E-state index in [0.717, 1.165) is 17.7 Å². The molecule has 0 radical (unpaired) electrons. The van der Waals surface area contributed by atoms with Gasteiger partial charge in [0.15, 0.2) is 0 Å². The van der Waals surface area contributed by atoms with E-state index in [4.69, 9.17) is 5.11 Å². The molecule has 0 spiro atoms. The Kier molecular flexibility index (Phi) is 7.35. The zero-order chi connectivity index (χ0) is 15.0. The molecule has 3 nitrogen and oxygen atoms in total. The van der Waals surface area contributed by atoms with E-state index in [9.17, 15) is 4.79 Å². The van der Waals surface area contributed by atoms with Crippen LogP contribution in [0, 0.1) is 17.8 Å². The first kappa shape index (κ1) is 16.7. The van der Waals surface area contributed by atoms with Gasteiger partial charge in [-0.05, 0) is 25.3 Å². The molecule has 0 bridgehead atoms. The van der Waals surface area contributed by atoms with Crippen LogP contribution in [0.25, 0.3) is 0 Å². The first-order valence-corrected chi connectivity index (χ1v) is 7.90. The Morgan fingerprint density at radius 3 is 2.80 bits per heavy atom. The first-order valence-electron chi connectivity index (χ1n) is 7.02. The summed E-state index contributed by atoms with van der Waals surface area (Å²) in [5.41, 5.74) is 0.646. The van der Waals surface area contributed by atoms with Crippen molar-refractivity contribution in [1.29, 1.82) is 0 Å². The number of rotatable bonds is 6. The maximum atomic E-state index is 12.0. The number of amides is 1. The lowest BCUT2D eigenvalue weighted by Gasteiger charge is -2.13. The number of carbonyl (C=O) groups is 1. The van der Waals surface area contributed by atoms with Gasteiger partial charge in [-0.2, -0.15) is 0 Å². The third-order valence-electron chi connectivity index (χ3n) is 2.95. The Balaban J connectivity index is 2.43. The maximum absolute atomic E-state index is 12.0. The highest BCUT2D eigenvalue weighted by atomic mass is 32.1. The largest absolute Gasteiger partial charge is 0.384 e. The zero-order valence-corrected chi connectivity index (χ0v) is 13.2. The molecule has 1 aromatic rings. The number of aliphatic hydroxyl groups excluding tert-OH is 1. The van der Waals surface area contributed by atoms with Crippen LogP contribution in [0.5, 0.6) is 0 Å². The molecule has 1 rings (SSSR count). The molecule has 1 heterocycles. The fourth-order valence-electron chi connectivity index (χ4n) is 1.86. The van der Waals surface area contributed by atoms with Crippen molar-refractivity contribution in [3.8, 4) is 11.8 Å². The molecule has 0 aliphatic carbocycles. The number of thiophene rings is 1. The highest BCUT2D eigenvalue weighted by Crippen LogP contribution is 2.14. The second-order valence-electron chi connectivity index (χ2n) is 5.36. The summed E-state index contributed by atoms with van der Waals surface area (Å²) < 4.78 is 0. The van der Waals surface area contributed by atoms with E-state index < -0.39 is 0 Å². The van der Waals surface area contributed by atoms with Gasteiger partial charge in [-0.15, -0.1) is 11.3 Å². The molecule has 1 amide bonds. The topological polar surface area (TPSA) is 49.3 Å². The van der Waals surface area contributed by atoms with E-state index in [1.807, 2.05) is 6.92 Å². The fourth-order valence-corrected chi connectivity index (χ4v) is 2.61. The molecule has 110 valence electrons. The van der Waals surface area contributed by atoms with Crippen molar-refractivity contribution < 1.29 is 9.90 Å². The summed E-state index contributed by atoms with van der Waals surface area (Å²) in [6.07, 6.45) is 3.33. The van der Waals surface area contributed by atoms with Crippen LogP contribution in [-0.2, 0) is 0 Å². The van der Waals surface area contributed by atoms with Crippen LogP contribution in [0.4, 0.5) is 0 Å². The van der Waals surface area contributed by atoms with E-state index in [1.54, 1.807) is 11.4 Å². The highest BCUT2D eigenvalue weighted by Gasteiger charge is 2.11. The van der Waals surface area contributed by atoms with Crippen molar-refractivity contribution in [2.45, 2.75) is 46.1 Å². The average molecular weight is 293 g/mol. The van der Waals surface area contributed by atoms with Crippen LogP contribution in [-0.4, -0.2) is 23.7 Å². The SMILES string of the molecule is CC(C)CCCC(C)NC(=O)c1csc(C#CCO)c1. The maximum Gasteiger partial charge on any atom is 0.252 e. The molecule has 20 heavy (non-hydrogen) atoms. The van der Waals surface area contributed by atoms with Crippen molar-refractivity contribution in [2.24, 2.45) is 5.92 Å². The molecule has 1 aromatic heterocycles. The van der Waals surface area contributed by atoms with E-state index in [0.29, 0.717) is 11.5 Å². The summed E-state index contributed by atoms with van der Waals surface area (Å²) in [6, 6.07) is 1.96. The van der Waals surface area contributed by atoms with Crippen molar-refractivity contribution in [1.82, 2.24) is 5.32 Å². The minimum Gasteiger partial charge on any atom is -0.384 e. The predicted octanol–water partition coefficient (Wildman–Crippen LogP) is 3.04. The molecule has 4 heteroatoms. The number of hydrogen-bond donors (Lipinski definition) is 2. The fraction of sp³-hybridized carbons (Fsp3) is 0.562. The molecule has 0 aromatic carbocycles. The zero-order valence-electron chi connectivity index (χ0n) is 12.4. The Hall–Kier alpha value is -1.31. The minimum absolute atomic E-state index is 0.0460. The molecule has 0 saturated heterocycles. The summed E-state index contributed by atoms with van der Waals surface area (Å²) in [5.74, 6) is 6.05. The van der Waals surface area contributed by atoms with E-state index in [2.05, 4.69) is 31.0 Å². The van der Waals surface area contributed by atoms with Gasteiger partial charge in [-0.1, -0.05) is 38.5 Å². The van der Waals surface area contributed by atoms with Crippen LogP contribution >= 0.6 is 11.3 Å². The van der Waals surface area contributed by atoms with Gasteiger partial charge in [-0.3, -0.25) is 4.79 Å². The summed E-state index contributed by atoms with van der Waals surface area (Å²) in [4.78, 5) is 12.8. The van der Waals surface area contributed by atoms with E-state index >= 15 is 0 Å². The van der Waals surface area contributed by atoms with Crippen LogP contribution in [0.3, 0.4) is 0 Å². The van der Waals surface area contributed by atoms with Gasteiger partial charge in [0.1, 0.15) is 6.61 Å². The van der Waals surface area contributed by atoms with Crippen molar-refractivity contribution >= 4 is 17.2 Å². The lowest BCUT2D eigenvalue weighted by molar-refractivity contribution is 0.0938. The van der Waals surface area contributed by atoms with E-state index in [-0.39, 0.29) is 18.6 Å². The lowest BCUT2D eigenvalue weighted by Crippen LogP contribution is -2.32. The Bertz CT molecular complexity index is 482. The molecule has 1 unspecified atom stereocenters. The second kappa shape index (κ2) is 8.78. The minimum atomic E-state index is -0.160. The first-order chi connectivity index (χ1) is 9.52. The van der Waals surface area contributed by atoms with Crippen molar-refractivity contribution in [3.63, 3.8) is 0 Å². The highest BCUT2D eigenvalue weighted by molar-refractivity contribution is 7.10. The number of hydrogen-bond acceptors (Lipinski definition) is 3. The second-order valence-corrected chi connectivity index (χ2v) is 6.27. The lowest BCUT2D eigenvalue weighted by atomic mass is 10.0. The van der Waals surface area contributed by atoms with Gasteiger partial charge >= 0.3 is 0 Å². The molecular weight excluding hydrogens is 270 g/mol. The third-order valence-corrected chi connectivity index (χ3v) is 3.79. The van der Waals surface area contributed by atoms with Gasteiger partial charge < -0.3 is 10.4 Å². The Labute approximate surface area is 125 Å². The third kappa shape index (κ3) is 6.23. The van der Waals surface area contributed by atoms with Gasteiger partial charge in [-0.25, -0.2) is 0 Å². The quantitative estimate of drug-likeness (QED) is 0.792. The molecular formula is C16H23NO2S. The average Bonchev–Trinajstić information content (AvgIpc) is 2.84. The summed E-state index contributed by atoms with van der Waals surface area (Å²) in [5, 5.41) is 13.4. The van der Waals surface area contributed by atoms with Gasteiger partial charge in [0, 0.05) is 11.4 Å². The van der Waals surface area contributed by atoms with E-state index in [1.165, 1.54) is 17.8 Å². The summed E-state index contributed by atoms with van der Waals surface area (Å²) >= 11 is 1.42. The molecule has 0 aliphatic rings. The molecule has 0 aliphatic heterocycles. The van der Waals surface area contributed by atoms with Gasteiger partial charge in [0.25, 0.3) is 5.91 Å². The van der Waals surface area contributed by atoms with Crippen LogP contribution in [0.1, 0.15) is 55.3 Å². The molecule has 0 fully saturated rings. The molecule has 1 atom stereocenters. The number of nitrogens with one attached hydrogen (secondary N) is 1. The summed E-state index contributed by atoms with van der Waals surface area (Å²) in [6.45, 7) is 6.30. The van der Waals surface area contributed by atoms with Gasteiger partial charge in [0.05, 0.1) is 10.4 Å².